The standard InChI is InChI=1S/C24H27F3N4O4/c25-24(26,27)18-1-6-21(28-15-18)31-9-7-17(8-10-31)23(33)35-16-22(32)29-19-2-4-20(5-3-19)30-11-13-34-14-12-30/h1-6,15,17H,7-14,16H2,(H,29,32). The lowest BCUT2D eigenvalue weighted by Gasteiger charge is -2.31. The molecule has 0 saturated carbocycles. The van der Waals surface area contributed by atoms with E-state index in [1.165, 1.54) is 6.07 Å². The molecule has 1 aromatic heterocycles. The molecule has 0 bridgehead atoms. The molecule has 0 unspecified atom stereocenters. The highest BCUT2D eigenvalue weighted by atomic mass is 19.4. The summed E-state index contributed by atoms with van der Waals surface area (Å²) in [5.74, 6) is -0.822. The van der Waals surface area contributed by atoms with E-state index in [0.717, 1.165) is 31.0 Å². The quantitative estimate of drug-likeness (QED) is 0.620. The van der Waals surface area contributed by atoms with Crippen LogP contribution < -0.4 is 15.1 Å². The molecule has 2 aliphatic heterocycles. The van der Waals surface area contributed by atoms with Crippen LogP contribution in [-0.4, -0.2) is 62.9 Å². The van der Waals surface area contributed by atoms with Crippen LogP contribution in [0.1, 0.15) is 18.4 Å². The van der Waals surface area contributed by atoms with Crippen molar-refractivity contribution in [1.82, 2.24) is 4.98 Å². The zero-order chi connectivity index (χ0) is 24.8. The summed E-state index contributed by atoms with van der Waals surface area (Å²) >= 11 is 0. The van der Waals surface area contributed by atoms with Gasteiger partial charge >= 0.3 is 12.1 Å². The number of benzene rings is 1. The van der Waals surface area contributed by atoms with Gasteiger partial charge in [0.2, 0.25) is 0 Å². The maximum Gasteiger partial charge on any atom is 0.417 e. The number of morpholine rings is 1. The van der Waals surface area contributed by atoms with Gasteiger partial charge in [-0.15, -0.1) is 0 Å². The molecule has 2 saturated heterocycles. The number of carbonyl (C=O) groups excluding carboxylic acids is 2. The van der Waals surface area contributed by atoms with Gasteiger partial charge in [0.25, 0.3) is 5.91 Å². The Labute approximate surface area is 201 Å². The molecule has 0 aliphatic carbocycles. The van der Waals surface area contributed by atoms with Crippen LogP contribution in [0.2, 0.25) is 0 Å². The van der Waals surface area contributed by atoms with E-state index in [0.29, 0.717) is 50.7 Å². The van der Waals surface area contributed by atoms with Crippen molar-refractivity contribution in [3.63, 3.8) is 0 Å². The largest absolute Gasteiger partial charge is 0.455 e. The first-order valence-corrected chi connectivity index (χ1v) is 11.5. The lowest BCUT2D eigenvalue weighted by atomic mass is 9.97. The van der Waals surface area contributed by atoms with Crippen LogP contribution in [0.25, 0.3) is 0 Å². The Morgan fingerprint density at radius 2 is 1.69 bits per heavy atom. The van der Waals surface area contributed by atoms with Crippen LogP contribution in [0.5, 0.6) is 0 Å². The van der Waals surface area contributed by atoms with Gasteiger partial charge in [-0.05, 0) is 49.2 Å². The van der Waals surface area contributed by atoms with Crippen LogP contribution in [0.15, 0.2) is 42.6 Å². The van der Waals surface area contributed by atoms with E-state index in [1.807, 2.05) is 17.0 Å². The van der Waals surface area contributed by atoms with Gasteiger partial charge in [-0.2, -0.15) is 13.2 Å². The van der Waals surface area contributed by atoms with Crippen LogP contribution in [-0.2, 0) is 25.2 Å². The number of rotatable bonds is 6. The van der Waals surface area contributed by atoms with E-state index in [4.69, 9.17) is 9.47 Å². The Morgan fingerprint density at radius 1 is 1.00 bits per heavy atom. The van der Waals surface area contributed by atoms with E-state index in [9.17, 15) is 22.8 Å². The number of nitrogens with zero attached hydrogens (tertiary/aromatic N) is 3. The predicted molar refractivity (Wildman–Crippen MR) is 123 cm³/mol. The number of amides is 1. The first kappa shape index (κ1) is 24.8. The number of aromatic nitrogens is 1. The molecule has 2 fully saturated rings. The Kier molecular flexibility index (Phi) is 7.74. The predicted octanol–water partition coefficient (Wildman–Crippen LogP) is 3.34. The van der Waals surface area contributed by atoms with Gasteiger partial charge in [0.15, 0.2) is 6.61 Å². The number of anilines is 3. The first-order chi connectivity index (χ1) is 16.8. The molecule has 2 aliphatic rings. The second-order valence-electron chi connectivity index (χ2n) is 8.47. The smallest absolute Gasteiger partial charge is 0.417 e. The molecule has 11 heteroatoms. The molecule has 35 heavy (non-hydrogen) atoms. The average molecular weight is 492 g/mol. The fourth-order valence-corrected chi connectivity index (χ4v) is 4.11. The van der Waals surface area contributed by atoms with Gasteiger partial charge in [0.05, 0.1) is 24.7 Å². The number of alkyl halides is 3. The van der Waals surface area contributed by atoms with Gasteiger partial charge in [-0.1, -0.05) is 0 Å². The number of halogens is 3. The number of carbonyl (C=O) groups is 2. The van der Waals surface area contributed by atoms with Crippen LogP contribution in [0.4, 0.5) is 30.4 Å². The normalized spacial score (nSPS) is 17.2. The van der Waals surface area contributed by atoms with Crippen LogP contribution in [0.3, 0.4) is 0 Å². The number of pyridine rings is 1. The van der Waals surface area contributed by atoms with Crippen molar-refractivity contribution in [2.24, 2.45) is 5.92 Å². The van der Waals surface area contributed by atoms with Crippen molar-refractivity contribution >= 4 is 29.1 Å². The number of hydrogen-bond acceptors (Lipinski definition) is 7. The summed E-state index contributed by atoms with van der Waals surface area (Å²) in [5, 5.41) is 2.72. The zero-order valence-corrected chi connectivity index (χ0v) is 19.1. The molecule has 1 amide bonds. The van der Waals surface area contributed by atoms with Crippen LogP contribution >= 0.6 is 0 Å². The molecule has 1 N–H and O–H groups in total. The van der Waals surface area contributed by atoms with E-state index in [-0.39, 0.29) is 12.5 Å². The van der Waals surface area contributed by atoms with Crippen molar-refractivity contribution in [3.05, 3.63) is 48.2 Å². The Hall–Kier alpha value is -3.34. The molecule has 0 radical (unpaired) electrons. The lowest BCUT2D eigenvalue weighted by molar-refractivity contribution is -0.152. The monoisotopic (exact) mass is 492 g/mol. The summed E-state index contributed by atoms with van der Waals surface area (Å²) in [6.07, 6.45) is -2.69. The molecule has 188 valence electrons. The van der Waals surface area contributed by atoms with Gasteiger partial charge in [0, 0.05) is 43.8 Å². The van der Waals surface area contributed by atoms with Crippen molar-refractivity contribution in [3.8, 4) is 0 Å². The summed E-state index contributed by atoms with van der Waals surface area (Å²) in [6, 6.07) is 9.78. The average Bonchev–Trinajstić information content (AvgIpc) is 2.88. The molecule has 1 aromatic carbocycles. The third kappa shape index (κ3) is 6.62. The number of esters is 1. The summed E-state index contributed by atoms with van der Waals surface area (Å²) in [6.45, 7) is 3.55. The highest BCUT2D eigenvalue weighted by molar-refractivity contribution is 5.93. The summed E-state index contributed by atoms with van der Waals surface area (Å²) in [7, 11) is 0. The molecular weight excluding hydrogens is 465 g/mol. The van der Waals surface area contributed by atoms with Gasteiger partial charge < -0.3 is 24.6 Å². The van der Waals surface area contributed by atoms with Crippen LogP contribution in [0, 0.1) is 5.92 Å². The zero-order valence-electron chi connectivity index (χ0n) is 19.1. The molecule has 3 heterocycles. The fraction of sp³-hybridized carbons (Fsp3) is 0.458. The number of hydrogen-bond donors (Lipinski definition) is 1. The Morgan fingerprint density at radius 3 is 2.29 bits per heavy atom. The maximum atomic E-state index is 12.7. The molecule has 4 rings (SSSR count). The van der Waals surface area contributed by atoms with E-state index in [2.05, 4.69) is 15.2 Å². The van der Waals surface area contributed by atoms with Crippen molar-refractivity contribution in [2.75, 3.05) is 61.1 Å². The molecule has 0 spiro atoms. The van der Waals surface area contributed by atoms with Crippen molar-refractivity contribution in [2.45, 2.75) is 19.0 Å². The minimum atomic E-state index is -4.43. The number of ether oxygens (including phenoxy) is 2. The highest BCUT2D eigenvalue weighted by Crippen LogP contribution is 2.30. The Bertz CT molecular complexity index is 1000. The molecule has 0 atom stereocenters. The third-order valence-corrected chi connectivity index (χ3v) is 6.10. The SMILES string of the molecule is O=C(COC(=O)C1CCN(c2ccc(C(F)(F)F)cn2)CC1)Nc1ccc(N2CCOCC2)cc1. The molecule has 2 aromatic rings. The molecular formula is C24H27F3N4O4. The topological polar surface area (TPSA) is 84.0 Å². The second kappa shape index (κ2) is 10.9. The van der Waals surface area contributed by atoms with E-state index < -0.39 is 23.6 Å². The summed E-state index contributed by atoms with van der Waals surface area (Å²) < 4.78 is 48.6. The van der Waals surface area contributed by atoms with Crippen molar-refractivity contribution in [1.29, 1.82) is 0 Å². The van der Waals surface area contributed by atoms with E-state index >= 15 is 0 Å². The first-order valence-electron chi connectivity index (χ1n) is 11.5. The third-order valence-electron chi connectivity index (χ3n) is 6.10. The minimum Gasteiger partial charge on any atom is -0.455 e. The summed E-state index contributed by atoms with van der Waals surface area (Å²) in [5.41, 5.74) is 0.863. The number of piperidine rings is 1. The van der Waals surface area contributed by atoms with Crippen molar-refractivity contribution < 1.29 is 32.2 Å². The van der Waals surface area contributed by atoms with Gasteiger partial charge in [0.1, 0.15) is 5.82 Å². The summed E-state index contributed by atoms with van der Waals surface area (Å²) in [4.78, 5) is 32.5. The number of nitrogens with one attached hydrogen (secondary N) is 1. The highest BCUT2D eigenvalue weighted by Gasteiger charge is 2.32. The van der Waals surface area contributed by atoms with Gasteiger partial charge in [-0.3, -0.25) is 9.59 Å². The lowest BCUT2D eigenvalue weighted by Crippen LogP contribution is -2.38. The maximum absolute atomic E-state index is 12.7. The second-order valence-corrected chi connectivity index (χ2v) is 8.47. The van der Waals surface area contributed by atoms with Gasteiger partial charge in [-0.25, -0.2) is 4.98 Å². The minimum absolute atomic E-state index is 0.374. The Balaban J connectivity index is 1.19. The fourth-order valence-electron chi connectivity index (χ4n) is 4.11. The van der Waals surface area contributed by atoms with E-state index in [1.54, 1.807) is 12.1 Å². The molecule has 8 nitrogen and oxygen atoms in total.